The van der Waals surface area contributed by atoms with E-state index < -0.39 is 0 Å². The molecule has 1 rings (SSSR count). The highest BCUT2D eigenvalue weighted by Crippen LogP contribution is 2.22. The molecule has 0 aromatic heterocycles. The maximum Gasteiger partial charge on any atom is 0.225 e. The van der Waals surface area contributed by atoms with E-state index in [9.17, 15) is 4.79 Å². The topological polar surface area (TPSA) is 29.1 Å². The molecule has 0 radical (unpaired) electrons. The number of carbonyl (C=O) groups is 1. The molecule has 0 unspecified atom stereocenters. The Hall–Kier alpha value is -1.31. The molecule has 0 bridgehead atoms. The highest BCUT2D eigenvalue weighted by Gasteiger charge is 2.25. The van der Waals surface area contributed by atoms with Crippen molar-refractivity contribution >= 4 is 5.91 Å². The summed E-state index contributed by atoms with van der Waals surface area (Å²) in [5.74, 6) is 0.137. The molecular formula is C14H21NO. The van der Waals surface area contributed by atoms with Crippen molar-refractivity contribution in [1.82, 2.24) is 5.32 Å². The van der Waals surface area contributed by atoms with E-state index in [2.05, 4.69) is 12.2 Å². The fourth-order valence-corrected chi connectivity index (χ4v) is 1.76. The van der Waals surface area contributed by atoms with Crippen molar-refractivity contribution in [2.24, 2.45) is 5.41 Å². The summed E-state index contributed by atoms with van der Waals surface area (Å²) in [6.45, 7) is 6.71. The summed E-state index contributed by atoms with van der Waals surface area (Å²) in [4.78, 5) is 11.9. The second-order valence-corrected chi connectivity index (χ2v) is 4.80. The predicted octanol–water partition coefficient (Wildman–Crippen LogP) is 3.13. The minimum absolute atomic E-state index is 0.137. The highest BCUT2D eigenvalue weighted by molar-refractivity contribution is 5.81. The molecule has 1 N–H and O–H groups in total. The molecule has 0 aliphatic heterocycles. The molecule has 2 nitrogen and oxygen atoms in total. The molecule has 0 aliphatic rings. The summed E-state index contributed by atoms with van der Waals surface area (Å²) in [6.07, 6.45) is 1.96. The van der Waals surface area contributed by atoms with Gasteiger partial charge in [0.2, 0.25) is 5.91 Å². The first-order valence-corrected chi connectivity index (χ1v) is 5.88. The zero-order valence-corrected chi connectivity index (χ0v) is 10.4. The Morgan fingerprint density at radius 1 is 1.25 bits per heavy atom. The van der Waals surface area contributed by atoms with Gasteiger partial charge < -0.3 is 5.32 Å². The van der Waals surface area contributed by atoms with Crippen LogP contribution in [0.5, 0.6) is 0 Å². The average Bonchev–Trinajstić information content (AvgIpc) is 2.27. The van der Waals surface area contributed by atoms with Crippen molar-refractivity contribution in [3.8, 4) is 0 Å². The zero-order valence-electron chi connectivity index (χ0n) is 10.4. The minimum atomic E-state index is -0.260. The lowest BCUT2D eigenvalue weighted by atomic mass is 9.87. The summed E-state index contributed by atoms with van der Waals surface area (Å²) in [7, 11) is 0. The van der Waals surface area contributed by atoms with Crippen LogP contribution in [-0.2, 0) is 11.3 Å². The monoisotopic (exact) mass is 219 g/mol. The Balaban J connectivity index is 2.47. The maximum atomic E-state index is 11.9. The molecule has 0 atom stereocenters. The number of nitrogens with one attached hydrogen (secondary N) is 1. The van der Waals surface area contributed by atoms with Crippen LogP contribution in [0.15, 0.2) is 30.3 Å². The lowest BCUT2D eigenvalue weighted by Gasteiger charge is -2.22. The lowest BCUT2D eigenvalue weighted by molar-refractivity contribution is -0.129. The normalized spacial score (nSPS) is 11.2. The number of benzene rings is 1. The summed E-state index contributed by atoms with van der Waals surface area (Å²) in [5, 5.41) is 2.99. The van der Waals surface area contributed by atoms with Gasteiger partial charge in [-0.1, -0.05) is 57.5 Å². The minimum Gasteiger partial charge on any atom is -0.352 e. The Bertz CT molecular complexity index is 330. The lowest BCUT2D eigenvalue weighted by Crippen LogP contribution is -2.36. The largest absolute Gasteiger partial charge is 0.352 e. The summed E-state index contributed by atoms with van der Waals surface area (Å²) in [5.41, 5.74) is 0.881. The van der Waals surface area contributed by atoms with Gasteiger partial charge in [0.25, 0.3) is 0 Å². The van der Waals surface area contributed by atoms with Gasteiger partial charge in [0, 0.05) is 12.0 Å². The molecule has 1 amide bonds. The first-order valence-electron chi connectivity index (χ1n) is 5.88. The van der Waals surface area contributed by atoms with Gasteiger partial charge in [-0.05, 0) is 12.0 Å². The molecule has 0 fully saturated rings. The van der Waals surface area contributed by atoms with Gasteiger partial charge >= 0.3 is 0 Å². The molecule has 0 heterocycles. The standard InChI is InChI=1S/C14H21NO/c1-4-10-14(2,3)13(16)15-11-12-8-6-5-7-9-12/h5-9H,4,10-11H2,1-3H3,(H,15,16). The van der Waals surface area contributed by atoms with E-state index in [1.807, 2.05) is 44.2 Å². The van der Waals surface area contributed by atoms with E-state index in [1.54, 1.807) is 0 Å². The van der Waals surface area contributed by atoms with Crippen LogP contribution in [0.2, 0.25) is 0 Å². The van der Waals surface area contributed by atoms with E-state index in [0.717, 1.165) is 18.4 Å². The van der Waals surface area contributed by atoms with Crippen LogP contribution in [0.25, 0.3) is 0 Å². The molecule has 1 aromatic rings. The first-order chi connectivity index (χ1) is 7.56. The fourth-order valence-electron chi connectivity index (χ4n) is 1.76. The quantitative estimate of drug-likeness (QED) is 0.810. The van der Waals surface area contributed by atoms with Crippen molar-refractivity contribution in [2.45, 2.75) is 40.2 Å². The van der Waals surface area contributed by atoms with Crippen molar-refractivity contribution in [3.05, 3.63) is 35.9 Å². The zero-order chi connectivity index (χ0) is 12.0. The first kappa shape index (κ1) is 12.8. The van der Waals surface area contributed by atoms with Gasteiger partial charge in [0.05, 0.1) is 0 Å². The number of rotatable bonds is 5. The molecule has 0 aliphatic carbocycles. The van der Waals surface area contributed by atoms with Gasteiger partial charge in [-0.2, -0.15) is 0 Å². The van der Waals surface area contributed by atoms with Crippen molar-refractivity contribution in [3.63, 3.8) is 0 Å². The molecule has 1 aromatic carbocycles. The van der Waals surface area contributed by atoms with E-state index >= 15 is 0 Å². The third-order valence-corrected chi connectivity index (χ3v) is 2.79. The Labute approximate surface area is 98.1 Å². The Morgan fingerprint density at radius 2 is 1.88 bits per heavy atom. The number of hydrogen-bond donors (Lipinski definition) is 1. The molecule has 0 spiro atoms. The van der Waals surface area contributed by atoms with Crippen LogP contribution in [-0.4, -0.2) is 5.91 Å². The van der Waals surface area contributed by atoms with Crippen LogP contribution < -0.4 is 5.32 Å². The molecule has 0 saturated carbocycles. The average molecular weight is 219 g/mol. The molecular weight excluding hydrogens is 198 g/mol. The molecule has 88 valence electrons. The van der Waals surface area contributed by atoms with Crippen molar-refractivity contribution in [1.29, 1.82) is 0 Å². The van der Waals surface area contributed by atoms with E-state index in [-0.39, 0.29) is 11.3 Å². The van der Waals surface area contributed by atoms with Gasteiger partial charge in [-0.25, -0.2) is 0 Å². The van der Waals surface area contributed by atoms with Crippen LogP contribution in [0.4, 0.5) is 0 Å². The summed E-state index contributed by atoms with van der Waals surface area (Å²) >= 11 is 0. The molecule has 0 saturated heterocycles. The number of amides is 1. The van der Waals surface area contributed by atoms with Crippen LogP contribution in [0.1, 0.15) is 39.2 Å². The molecule has 2 heteroatoms. The predicted molar refractivity (Wildman–Crippen MR) is 67.0 cm³/mol. The van der Waals surface area contributed by atoms with Gasteiger partial charge in [0.1, 0.15) is 0 Å². The summed E-state index contributed by atoms with van der Waals surface area (Å²) < 4.78 is 0. The van der Waals surface area contributed by atoms with E-state index in [1.165, 1.54) is 0 Å². The van der Waals surface area contributed by atoms with E-state index in [4.69, 9.17) is 0 Å². The van der Waals surface area contributed by atoms with Gasteiger partial charge in [-0.15, -0.1) is 0 Å². The number of carbonyl (C=O) groups excluding carboxylic acids is 1. The van der Waals surface area contributed by atoms with Gasteiger partial charge in [-0.3, -0.25) is 4.79 Å². The van der Waals surface area contributed by atoms with Gasteiger partial charge in [0.15, 0.2) is 0 Å². The number of hydrogen-bond acceptors (Lipinski definition) is 1. The third kappa shape index (κ3) is 3.69. The Kier molecular flexibility index (Phi) is 4.53. The van der Waals surface area contributed by atoms with E-state index in [0.29, 0.717) is 6.54 Å². The second kappa shape index (κ2) is 5.69. The smallest absolute Gasteiger partial charge is 0.225 e. The van der Waals surface area contributed by atoms with Crippen LogP contribution >= 0.6 is 0 Å². The van der Waals surface area contributed by atoms with Crippen LogP contribution in [0, 0.1) is 5.41 Å². The Morgan fingerprint density at radius 3 is 2.44 bits per heavy atom. The molecule has 16 heavy (non-hydrogen) atoms. The third-order valence-electron chi connectivity index (χ3n) is 2.79. The second-order valence-electron chi connectivity index (χ2n) is 4.80. The van der Waals surface area contributed by atoms with Crippen LogP contribution in [0.3, 0.4) is 0 Å². The fraction of sp³-hybridized carbons (Fsp3) is 0.500. The summed E-state index contributed by atoms with van der Waals surface area (Å²) in [6, 6.07) is 9.99. The van der Waals surface area contributed by atoms with Crippen molar-refractivity contribution < 1.29 is 4.79 Å². The maximum absolute atomic E-state index is 11.9. The SMILES string of the molecule is CCCC(C)(C)C(=O)NCc1ccccc1. The highest BCUT2D eigenvalue weighted by atomic mass is 16.2. The van der Waals surface area contributed by atoms with Crippen molar-refractivity contribution in [2.75, 3.05) is 0 Å².